The van der Waals surface area contributed by atoms with Crippen LogP contribution in [0.1, 0.15) is 19.2 Å². The summed E-state index contributed by atoms with van der Waals surface area (Å²) in [6.45, 7) is 2.11. The van der Waals surface area contributed by atoms with Gasteiger partial charge in [-0.3, -0.25) is 4.57 Å². The molecule has 0 saturated heterocycles. The number of imidazole rings is 1. The molecule has 15 heavy (non-hydrogen) atoms. The summed E-state index contributed by atoms with van der Waals surface area (Å²) >= 11 is 6.01. The van der Waals surface area contributed by atoms with Crippen LogP contribution in [0.25, 0.3) is 5.82 Å². The van der Waals surface area contributed by atoms with Gasteiger partial charge in [-0.2, -0.15) is 0 Å². The normalized spacial score (nSPS) is 10.5. The third-order valence-corrected chi connectivity index (χ3v) is 2.33. The summed E-state index contributed by atoms with van der Waals surface area (Å²) in [5.74, 6) is 1.66. The molecule has 0 aliphatic rings. The smallest absolute Gasteiger partial charge is 0.160 e. The lowest BCUT2D eigenvalue weighted by molar-refractivity contribution is 0.796. The molecular weight excluding hydrogens is 212 g/mol. The lowest BCUT2D eigenvalue weighted by Crippen LogP contribution is -2.03. The van der Waals surface area contributed by atoms with Gasteiger partial charge in [-0.1, -0.05) is 18.5 Å². The van der Waals surface area contributed by atoms with E-state index in [2.05, 4.69) is 21.9 Å². The predicted octanol–water partition coefficient (Wildman–Crippen LogP) is 2.27. The van der Waals surface area contributed by atoms with Gasteiger partial charge in [-0.15, -0.1) is 0 Å². The lowest BCUT2D eigenvalue weighted by Gasteiger charge is -2.06. The number of aryl methyl sites for hydroxylation is 1. The zero-order valence-electron chi connectivity index (χ0n) is 8.39. The molecule has 0 aliphatic carbocycles. The van der Waals surface area contributed by atoms with E-state index in [1.54, 1.807) is 12.4 Å². The Morgan fingerprint density at radius 3 is 3.00 bits per heavy atom. The molecule has 5 heteroatoms. The molecule has 0 aromatic carbocycles. The molecule has 0 amide bonds. The molecule has 4 nitrogen and oxygen atoms in total. The Hall–Kier alpha value is -1.42. The van der Waals surface area contributed by atoms with E-state index in [0.29, 0.717) is 10.8 Å². The zero-order valence-corrected chi connectivity index (χ0v) is 9.15. The van der Waals surface area contributed by atoms with Gasteiger partial charge in [0.25, 0.3) is 0 Å². The second-order valence-electron chi connectivity index (χ2n) is 3.16. The average Bonchev–Trinajstić information content (AvgIpc) is 2.67. The van der Waals surface area contributed by atoms with Crippen LogP contribution in [-0.2, 0) is 6.42 Å². The summed E-state index contributed by atoms with van der Waals surface area (Å²) in [6, 6.07) is 0. The molecule has 0 bridgehead atoms. The fraction of sp³-hybridized carbons (Fsp3) is 0.300. The van der Waals surface area contributed by atoms with Crippen molar-refractivity contribution in [1.82, 2.24) is 19.5 Å². The highest BCUT2D eigenvalue weighted by Gasteiger charge is 2.08. The van der Waals surface area contributed by atoms with Crippen LogP contribution in [0.2, 0.25) is 5.02 Å². The van der Waals surface area contributed by atoms with E-state index in [1.165, 1.54) is 6.33 Å². The van der Waals surface area contributed by atoms with Crippen molar-refractivity contribution in [2.45, 2.75) is 19.8 Å². The van der Waals surface area contributed by atoms with Crippen molar-refractivity contribution in [2.24, 2.45) is 0 Å². The Kier molecular flexibility index (Phi) is 2.97. The highest BCUT2D eigenvalue weighted by Crippen LogP contribution is 2.17. The van der Waals surface area contributed by atoms with Crippen molar-refractivity contribution in [3.63, 3.8) is 0 Å². The highest BCUT2D eigenvalue weighted by atomic mass is 35.5. The van der Waals surface area contributed by atoms with E-state index in [1.807, 2.05) is 10.8 Å². The molecule has 0 N–H and O–H groups in total. The predicted molar refractivity (Wildman–Crippen MR) is 58.2 cm³/mol. The summed E-state index contributed by atoms with van der Waals surface area (Å²) in [4.78, 5) is 12.3. The van der Waals surface area contributed by atoms with Crippen molar-refractivity contribution < 1.29 is 0 Å². The van der Waals surface area contributed by atoms with Crippen LogP contribution >= 0.6 is 11.6 Å². The monoisotopic (exact) mass is 222 g/mol. The van der Waals surface area contributed by atoms with Crippen molar-refractivity contribution >= 4 is 11.6 Å². The third kappa shape index (κ3) is 1.99. The van der Waals surface area contributed by atoms with Gasteiger partial charge in [0.1, 0.15) is 17.2 Å². The van der Waals surface area contributed by atoms with Crippen molar-refractivity contribution in [3.05, 3.63) is 35.8 Å². The Morgan fingerprint density at radius 1 is 1.40 bits per heavy atom. The summed E-state index contributed by atoms with van der Waals surface area (Å²) in [6.07, 6.45) is 8.63. The van der Waals surface area contributed by atoms with E-state index in [9.17, 15) is 0 Å². The van der Waals surface area contributed by atoms with E-state index >= 15 is 0 Å². The molecule has 2 aromatic heterocycles. The maximum atomic E-state index is 6.01. The first-order valence-corrected chi connectivity index (χ1v) is 5.19. The van der Waals surface area contributed by atoms with Gasteiger partial charge < -0.3 is 0 Å². The fourth-order valence-electron chi connectivity index (χ4n) is 1.42. The van der Waals surface area contributed by atoms with Gasteiger partial charge in [0.15, 0.2) is 5.82 Å². The van der Waals surface area contributed by atoms with Crippen molar-refractivity contribution in [2.75, 3.05) is 0 Å². The van der Waals surface area contributed by atoms with Crippen molar-refractivity contribution in [3.8, 4) is 5.82 Å². The number of hydrogen-bond acceptors (Lipinski definition) is 3. The highest BCUT2D eigenvalue weighted by molar-refractivity contribution is 6.32. The van der Waals surface area contributed by atoms with E-state index < -0.39 is 0 Å². The standard InChI is InChI=1S/C10H11ClN4/c1-2-3-9-13-4-5-15(9)10-8(11)6-12-7-14-10/h4-7H,2-3H2,1H3. The summed E-state index contributed by atoms with van der Waals surface area (Å²) < 4.78 is 1.90. The second kappa shape index (κ2) is 4.40. The first-order valence-electron chi connectivity index (χ1n) is 4.81. The van der Waals surface area contributed by atoms with Crippen LogP contribution in [-0.4, -0.2) is 19.5 Å². The topological polar surface area (TPSA) is 43.6 Å². The maximum Gasteiger partial charge on any atom is 0.160 e. The number of nitrogens with zero attached hydrogens (tertiary/aromatic N) is 4. The molecule has 0 spiro atoms. The molecule has 0 saturated carbocycles. The molecule has 0 aliphatic heterocycles. The quantitative estimate of drug-likeness (QED) is 0.800. The fourth-order valence-corrected chi connectivity index (χ4v) is 1.62. The minimum atomic E-state index is 0.535. The van der Waals surface area contributed by atoms with E-state index in [-0.39, 0.29) is 0 Å². The van der Waals surface area contributed by atoms with Gasteiger partial charge in [0.2, 0.25) is 0 Å². The van der Waals surface area contributed by atoms with Crippen LogP contribution in [0.5, 0.6) is 0 Å². The molecule has 2 heterocycles. The summed E-state index contributed by atoms with van der Waals surface area (Å²) in [7, 11) is 0. The van der Waals surface area contributed by atoms with Gasteiger partial charge in [0.05, 0.1) is 6.20 Å². The van der Waals surface area contributed by atoms with Crippen LogP contribution in [0, 0.1) is 0 Å². The second-order valence-corrected chi connectivity index (χ2v) is 3.56. The Bertz CT molecular complexity index is 452. The lowest BCUT2D eigenvalue weighted by atomic mass is 10.3. The molecule has 0 unspecified atom stereocenters. The van der Waals surface area contributed by atoms with E-state index in [4.69, 9.17) is 11.6 Å². The van der Waals surface area contributed by atoms with Gasteiger partial charge >= 0.3 is 0 Å². The van der Waals surface area contributed by atoms with E-state index in [0.717, 1.165) is 18.7 Å². The minimum Gasteiger partial charge on any atom is -0.287 e. The van der Waals surface area contributed by atoms with Gasteiger partial charge in [-0.05, 0) is 6.42 Å². The van der Waals surface area contributed by atoms with Gasteiger partial charge in [-0.25, -0.2) is 15.0 Å². The Labute approximate surface area is 93.0 Å². The first-order chi connectivity index (χ1) is 7.33. The zero-order chi connectivity index (χ0) is 10.7. The molecule has 0 atom stereocenters. The Balaban J connectivity index is 2.45. The molecular formula is C10H11ClN4. The van der Waals surface area contributed by atoms with Crippen molar-refractivity contribution in [1.29, 1.82) is 0 Å². The minimum absolute atomic E-state index is 0.535. The van der Waals surface area contributed by atoms with Crippen LogP contribution in [0.15, 0.2) is 24.9 Å². The molecule has 78 valence electrons. The summed E-state index contributed by atoms with van der Waals surface area (Å²) in [5.41, 5.74) is 0. The van der Waals surface area contributed by atoms with Crippen LogP contribution in [0.4, 0.5) is 0 Å². The van der Waals surface area contributed by atoms with Crippen LogP contribution in [0.3, 0.4) is 0 Å². The largest absolute Gasteiger partial charge is 0.287 e. The third-order valence-electron chi connectivity index (χ3n) is 2.07. The number of aromatic nitrogens is 4. The van der Waals surface area contributed by atoms with Gasteiger partial charge in [0, 0.05) is 18.8 Å². The van der Waals surface area contributed by atoms with Crippen LogP contribution < -0.4 is 0 Å². The Morgan fingerprint density at radius 2 is 2.27 bits per heavy atom. The molecule has 2 rings (SSSR count). The first kappa shape index (κ1) is 10.1. The SMILES string of the molecule is CCCc1nccn1-c1ncncc1Cl. The average molecular weight is 223 g/mol. The molecule has 2 aromatic rings. The number of hydrogen-bond donors (Lipinski definition) is 0. The molecule has 0 radical (unpaired) electrons. The maximum absolute atomic E-state index is 6.01. The molecule has 0 fully saturated rings. The number of halogens is 1. The summed E-state index contributed by atoms with van der Waals surface area (Å²) in [5, 5.41) is 0.535. The number of rotatable bonds is 3.